The molecule has 4 nitrogen and oxygen atoms in total. The van der Waals surface area contributed by atoms with Crippen LogP contribution in [0, 0.1) is 6.07 Å². The van der Waals surface area contributed by atoms with Gasteiger partial charge in [0.05, 0.1) is 12.7 Å². The maximum Gasteiger partial charge on any atom is 0.338 e. The van der Waals surface area contributed by atoms with Crippen LogP contribution >= 0.6 is 0 Å². The van der Waals surface area contributed by atoms with Crippen molar-refractivity contribution in [3.63, 3.8) is 0 Å². The van der Waals surface area contributed by atoms with Gasteiger partial charge in [-0.3, -0.25) is 0 Å². The molecule has 3 rings (SSSR count). The zero-order chi connectivity index (χ0) is 15.7. The van der Waals surface area contributed by atoms with Gasteiger partial charge in [-0.1, -0.05) is 6.07 Å². The van der Waals surface area contributed by atoms with Gasteiger partial charge < -0.3 is 14.9 Å². The van der Waals surface area contributed by atoms with Crippen molar-refractivity contribution in [2.75, 3.05) is 7.11 Å². The molecule has 1 aliphatic carbocycles. The number of esters is 1. The number of carbonyl (C=O) groups is 1. The van der Waals surface area contributed by atoms with Crippen molar-refractivity contribution < 1.29 is 19.7 Å². The Morgan fingerprint density at radius 2 is 2.00 bits per heavy atom. The minimum atomic E-state index is -0.553. The van der Waals surface area contributed by atoms with Gasteiger partial charge in [0.25, 0.3) is 0 Å². The van der Waals surface area contributed by atoms with Gasteiger partial charge in [0, 0.05) is 17.2 Å². The summed E-state index contributed by atoms with van der Waals surface area (Å²) in [5.74, 6) is -0.669. The third kappa shape index (κ3) is 2.41. The molecule has 22 heavy (non-hydrogen) atoms. The lowest BCUT2D eigenvalue weighted by molar-refractivity contribution is 0.0601. The fourth-order valence-corrected chi connectivity index (χ4v) is 2.98. The first-order valence-electron chi connectivity index (χ1n) is 7.29. The second kappa shape index (κ2) is 5.72. The molecule has 0 aromatic heterocycles. The molecule has 0 unspecified atom stereocenters. The maximum absolute atomic E-state index is 11.9. The average molecular weight is 297 g/mol. The van der Waals surface area contributed by atoms with Crippen molar-refractivity contribution in [3.05, 3.63) is 47.0 Å². The van der Waals surface area contributed by atoms with Gasteiger partial charge in [-0.05, 0) is 55.0 Å². The first-order valence-corrected chi connectivity index (χ1v) is 7.29. The summed E-state index contributed by atoms with van der Waals surface area (Å²) in [6.07, 6.45) is 4.00. The number of ether oxygens (including phenoxy) is 1. The Morgan fingerprint density at radius 3 is 2.77 bits per heavy atom. The lowest BCUT2D eigenvalue weighted by atomic mass is 9.87. The van der Waals surface area contributed by atoms with Gasteiger partial charge in [0.2, 0.25) is 0 Å². The number of carbonyl (C=O) groups excluding carboxylic acids is 1. The first kappa shape index (κ1) is 14.4. The third-order valence-corrected chi connectivity index (χ3v) is 4.07. The zero-order valence-corrected chi connectivity index (χ0v) is 12.3. The monoisotopic (exact) mass is 297 g/mol. The van der Waals surface area contributed by atoms with E-state index in [0.29, 0.717) is 5.56 Å². The van der Waals surface area contributed by atoms with E-state index in [1.54, 1.807) is 12.1 Å². The Labute approximate surface area is 129 Å². The zero-order valence-electron chi connectivity index (χ0n) is 12.3. The third-order valence-electron chi connectivity index (χ3n) is 4.07. The topological polar surface area (TPSA) is 66.8 Å². The number of methoxy groups -OCH3 is 1. The van der Waals surface area contributed by atoms with Crippen LogP contribution in [0.4, 0.5) is 0 Å². The molecular weight excluding hydrogens is 280 g/mol. The summed E-state index contributed by atoms with van der Waals surface area (Å²) in [6, 6.07) is 9.48. The second-order valence-corrected chi connectivity index (χ2v) is 5.43. The van der Waals surface area contributed by atoms with Gasteiger partial charge in [-0.2, -0.15) is 0 Å². The molecule has 0 fully saturated rings. The summed E-state index contributed by atoms with van der Waals surface area (Å²) >= 11 is 0. The molecule has 1 aliphatic rings. The SMILES string of the molecule is COC(=O)c1cccc(O)c1-c1cc2c([c]c1O)CCCC2. The second-order valence-electron chi connectivity index (χ2n) is 5.43. The molecule has 0 amide bonds. The quantitative estimate of drug-likeness (QED) is 0.835. The standard InChI is InChI=1S/C18H17O4/c1-22-18(21)13-7-4-8-15(19)17(13)14-9-11-5-2-3-6-12(11)10-16(14)20/h4,7-9,19-20H,2-3,5-6H2,1H3. The summed E-state index contributed by atoms with van der Waals surface area (Å²) in [5.41, 5.74) is 3.05. The Hall–Kier alpha value is -2.49. The highest BCUT2D eigenvalue weighted by molar-refractivity contribution is 6.00. The van der Waals surface area contributed by atoms with Crippen molar-refractivity contribution in [1.82, 2.24) is 0 Å². The van der Waals surface area contributed by atoms with Crippen molar-refractivity contribution >= 4 is 5.97 Å². The van der Waals surface area contributed by atoms with Crippen molar-refractivity contribution in [3.8, 4) is 22.6 Å². The van der Waals surface area contributed by atoms with Crippen LogP contribution in [0.2, 0.25) is 0 Å². The van der Waals surface area contributed by atoms with Gasteiger partial charge in [0.15, 0.2) is 0 Å². The minimum Gasteiger partial charge on any atom is -0.507 e. The van der Waals surface area contributed by atoms with Crippen molar-refractivity contribution in [2.24, 2.45) is 0 Å². The molecule has 0 aliphatic heterocycles. The fraction of sp³-hybridized carbons (Fsp3) is 0.278. The summed E-state index contributed by atoms with van der Waals surface area (Å²) in [4.78, 5) is 11.9. The van der Waals surface area contributed by atoms with Crippen LogP contribution in [-0.4, -0.2) is 23.3 Å². The average Bonchev–Trinajstić information content (AvgIpc) is 2.53. The molecule has 0 saturated heterocycles. The molecule has 2 N–H and O–H groups in total. The highest BCUT2D eigenvalue weighted by Gasteiger charge is 2.22. The van der Waals surface area contributed by atoms with Crippen LogP contribution in [0.3, 0.4) is 0 Å². The lowest BCUT2D eigenvalue weighted by Crippen LogP contribution is -2.06. The molecule has 4 heteroatoms. The molecule has 0 bridgehead atoms. The Balaban J connectivity index is 2.21. The van der Waals surface area contributed by atoms with Gasteiger partial charge in [-0.25, -0.2) is 4.79 Å². The van der Waals surface area contributed by atoms with E-state index in [1.165, 1.54) is 13.2 Å². The number of aryl methyl sites for hydroxylation is 2. The summed E-state index contributed by atoms with van der Waals surface area (Å²) in [6.45, 7) is 0. The molecule has 2 aromatic carbocycles. The Bertz CT molecular complexity index is 734. The predicted octanol–water partition coefficient (Wildman–Crippen LogP) is 3.23. The van der Waals surface area contributed by atoms with Gasteiger partial charge in [-0.15, -0.1) is 0 Å². The van der Waals surface area contributed by atoms with E-state index in [9.17, 15) is 15.0 Å². The number of benzene rings is 2. The van der Waals surface area contributed by atoms with Crippen LogP contribution in [0.1, 0.15) is 34.3 Å². The Morgan fingerprint density at radius 1 is 1.23 bits per heavy atom. The smallest absolute Gasteiger partial charge is 0.338 e. The largest absolute Gasteiger partial charge is 0.507 e. The van der Waals surface area contributed by atoms with Crippen molar-refractivity contribution in [2.45, 2.75) is 25.7 Å². The number of hydrogen-bond donors (Lipinski definition) is 2. The molecule has 2 aromatic rings. The van der Waals surface area contributed by atoms with E-state index < -0.39 is 5.97 Å². The van der Waals surface area contributed by atoms with Gasteiger partial charge in [0.1, 0.15) is 11.5 Å². The van der Waals surface area contributed by atoms with Gasteiger partial charge >= 0.3 is 5.97 Å². The number of fused-ring (bicyclic) bond motifs is 1. The summed E-state index contributed by atoms with van der Waals surface area (Å²) < 4.78 is 4.76. The molecular formula is C18H17O4. The van der Waals surface area contributed by atoms with E-state index >= 15 is 0 Å². The Kier molecular flexibility index (Phi) is 3.75. The van der Waals surface area contributed by atoms with E-state index in [0.717, 1.165) is 36.8 Å². The summed E-state index contributed by atoms with van der Waals surface area (Å²) in [7, 11) is 1.29. The van der Waals surface area contributed by atoms with Crippen LogP contribution < -0.4 is 0 Å². The molecule has 113 valence electrons. The van der Waals surface area contributed by atoms with Crippen molar-refractivity contribution in [1.29, 1.82) is 0 Å². The van der Waals surface area contributed by atoms with E-state index in [-0.39, 0.29) is 22.6 Å². The van der Waals surface area contributed by atoms with E-state index in [2.05, 4.69) is 6.07 Å². The molecule has 1 radical (unpaired) electrons. The maximum atomic E-state index is 11.9. The first-order chi connectivity index (χ1) is 10.6. The number of phenols is 2. The number of rotatable bonds is 2. The predicted molar refractivity (Wildman–Crippen MR) is 82.0 cm³/mol. The number of phenolic OH excluding ortho intramolecular Hbond substituents is 2. The van der Waals surface area contributed by atoms with Crippen LogP contribution in [0.25, 0.3) is 11.1 Å². The highest BCUT2D eigenvalue weighted by atomic mass is 16.5. The number of hydrogen-bond acceptors (Lipinski definition) is 4. The van der Waals surface area contributed by atoms with Crippen LogP contribution in [0.15, 0.2) is 24.3 Å². The molecule has 0 saturated carbocycles. The van der Waals surface area contributed by atoms with Crippen LogP contribution in [-0.2, 0) is 17.6 Å². The van der Waals surface area contributed by atoms with E-state index in [4.69, 9.17) is 4.74 Å². The molecule has 0 spiro atoms. The lowest BCUT2D eigenvalue weighted by Gasteiger charge is -2.19. The number of aromatic hydroxyl groups is 2. The fourth-order valence-electron chi connectivity index (χ4n) is 2.98. The summed E-state index contributed by atoms with van der Waals surface area (Å²) in [5, 5.41) is 20.5. The molecule has 0 heterocycles. The normalized spacial score (nSPS) is 13.5. The van der Waals surface area contributed by atoms with Crippen LogP contribution in [0.5, 0.6) is 11.5 Å². The van der Waals surface area contributed by atoms with E-state index in [1.807, 2.05) is 6.07 Å². The minimum absolute atomic E-state index is 0.0488. The highest BCUT2D eigenvalue weighted by Crippen LogP contribution is 2.40. The molecule has 0 atom stereocenters.